The molecule has 1 aromatic rings. The fraction of sp³-hybridized carbons (Fsp3) is 0.600. The van der Waals surface area contributed by atoms with Gasteiger partial charge in [-0.3, -0.25) is 10.1 Å². The van der Waals surface area contributed by atoms with Crippen LogP contribution in [-0.2, 0) is 0 Å². The highest BCUT2D eigenvalue weighted by molar-refractivity contribution is 5.34. The molecule has 0 aliphatic rings. The monoisotopic (exact) mass is 264 g/mol. The third kappa shape index (κ3) is 3.77. The van der Waals surface area contributed by atoms with E-state index in [1.54, 1.807) is 12.1 Å². The van der Waals surface area contributed by atoms with Crippen LogP contribution in [0, 0.1) is 10.1 Å². The average Bonchev–Trinajstić information content (AvgIpc) is 2.45. The number of benzene rings is 1. The van der Waals surface area contributed by atoms with E-state index in [1.165, 1.54) is 0 Å². The summed E-state index contributed by atoms with van der Waals surface area (Å²) < 4.78 is 0. The number of hydrogen-bond donors (Lipinski definition) is 1. The van der Waals surface area contributed by atoms with Gasteiger partial charge in [0.1, 0.15) is 0 Å². The molecule has 0 heterocycles. The number of nitro benzene ring substituents is 1. The maximum atomic E-state index is 10.6. The highest BCUT2D eigenvalue weighted by Crippen LogP contribution is 2.25. The summed E-state index contributed by atoms with van der Waals surface area (Å²) in [4.78, 5) is 10.3. The number of non-ortho nitro benzene ring substituents is 1. The first-order valence-electron chi connectivity index (χ1n) is 7.00. The fourth-order valence-corrected chi connectivity index (χ4v) is 2.48. The third-order valence-corrected chi connectivity index (χ3v) is 4.16. The molecule has 1 aromatic carbocycles. The van der Waals surface area contributed by atoms with Crippen LogP contribution in [-0.4, -0.2) is 10.5 Å². The Labute approximate surface area is 115 Å². The molecule has 106 valence electrons. The van der Waals surface area contributed by atoms with Crippen LogP contribution in [0.4, 0.5) is 5.69 Å². The van der Waals surface area contributed by atoms with Gasteiger partial charge in [0, 0.05) is 23.7 Å². The standard InChI is InChI=1S/C15H24N2O2/c1-5-15(6-2,7-3)16-12(4)13-8-10-14(11-9-13)17(18)19/h8-12,16H,5-7H2,1-4H3. The zero-order chi connectivity index (χ0) is 14.5. The van der Waals surface area contributed by atoms with E-state index < -0.39 is 0 Å². The van der Waals surface area contributed by atoms with Crippen LogP contribution in [0.25, 0.3) is 0 Å². The molecule has 1 atom stereocenters. The van der Waals surface area contributed by atoms with Crippen LogP contribution in [0.5, 0.6) is 0 Å². The average molecular weight is 264 g/mol. The molecule has 0 amide bonds. The summed E-state index contributed by atoms with van der Waals surface area (Å²) in [5, 5.41) is 14.3. The van der Waals surface area contributed by atoms with Crippen molar-refractivity contribution in [2.45, 2.75) is 58.5 Å². The van der Waals surface area contributed by atoms with E-state index in [0.717, 1.165) is 24.8 Å². The first kappa shape index (κ1) is 15.6. The third-order valence-electron chi connectivity index (χ3n) is 4.16. The van der Waals surface area contributed by atoms with Crippen LogP contribution < -0.4 is 5.32 Å². The lowest BCUT2D eigenvalue weighted by molar-refractivity contribution is -0.384. The van der Waals surface area contributed by atoms with Gasteiger partial charge in [-0.2, -0.15) is 0 Å². The number of nitro groups is 1. The summed E-state index contributed by atoms with van der Waals surface area (Å²) in [6, 6.07) is 7.00. The van der Waals surface area contributed by atoms with Gasteiger partial charge in [0.15, 0.2) is 0 Å². The SMILES string of the molecule is CCC(CC)(CC)NC(C)c1ccc([N+](=O)[O-])cc1. The Morgan fingerprint density at radius 1 is 1.16 bits per heavy atom. The lowest BCUT2D eigenvalue weighted by Crippen LogP contribution is -2.44. The van der Waals surface area contributed by atoms with Crippen molar-refractivity contribution in [1.82, 2.24) is 5.32 Å². The molecule has 0 bridgehead atoms. The smallest absolute Gasteiger partial charge is 0.269 e. The predicted molar refractivity (Wildman–Crippen MR) is 78.3 cm³/mol. The molecule has 0 spiro atoms. The molecule has 0 aliphatic heterocycles. The number of nitrogens with zero attached hydrogens (tertiary/aromatic N) is 1. The van der Waals surface area contributed by atoms with Gasteiger partial charge in [-0.05, 0) is 31.7 Å². The van der Waals surface area contributed by atoms with Gasteiger partial charge in [0.25, 0.3) is 5.69 Å². The minimum atomic E-state index is -0.365. The van der Waals surface area contributed by atoms with E-state index >= 15 is 0 Å². The molecule has 4 nitrogen and oxygen atoms in total. The van der Waals surface area contributed by atoms with Gasteiger partial charge in [0.05, 0.1) is 4.92 Å². The van der Waals surface area contributed by atoms with E-state index in [0.29, 0.717) is 0 Å². The Morgan fingerprint density at radius 3 is 2.00 bits per heavy atom. The Balaban J connectivity index is 2.82. The second-order valence-electron chi connectivity index (χ2n) is 5.06. The number of hydrogen-bond acceptors (Lipinski definition) is 3. The summed E-state index contributed by atoms with van der Waals surface area (Å²) in [6.07, 6.45) is 3.24. The molecular weight excluding hydrogens is 240 g/mol. The summed E-state index contributed by atoms with van der Waals surface area (Å²) in [5.41, 5.74) is 1.38. The second-order valence-corrected chi connectivity index (χ2v) is 5.06. The Kier molecular flexibility index (Phi) is 5.48. The lowest BCUT2D eigenvalue weighted by Gasteiger charge is -2.35. The molecule has 1 unspecified atom stereocenters. The predicted octanol–water partition coefficient (Wildman–Crippen LogP) is 4.21. The summed E-state index contributed by atoms with van der Waals surface area (Å²) in [7, 11) is 0. The van der Waals surface area contributed by atoms with Crippen molar-refractivity contribution in [2.75, 3.05) is 0 Å². The normalized spacial score (nSPS) is 13.3. The van der Waals surface area contributed by atoms with Crippen LogP contribution in [0.2, 0.25) is 0 Å². The van der Waals surface area contributed by atoms with Gasteiger partial charge in [-0.25, -0.2) is 0 Å². The molecule has 0 saturated heterocycles. The van der Waals surface area contributed by atoms with Crippen molar-refractivity contribution >= 4 is 5.69 Å². The molecule has 0 aromatic heterocycles. The van der Waals surface area contributed by atoms with E-state index in [-0.39, 0.29) is 22.2 Å². The van der Waals surface area contributed by atoms with Crippen molar-refractivity contribution in [3.8, 4) is 0 Å². The highest BCUT2D eigenvalue weighted by atomic mass is 16.6. The fourth-order valence-electron chi connectivity index (χ4n) is 2.48. The van der Waals surface area contributed by atoms with Crippen LogP contribution >= 0.6 is 0 Å². The molecule has 0 aliphatic carbocycles. The minimum absolute atomic E-state index is 0.142. The Bertz CT molecular complexity index is 402. The molecule has 0 radical (unpaired) electrons. The van der Waals surface area contributed by atoms with E-state index in [4.69, 9.17) is 0 Å². The summed E-state index contributed by atoms with van der Waals surface area (Å²) in [6.45, 7) is 8.70. The zero-order valence-corrected chi connectivity index (χ0v) is 12.3. The molecule has 0 fully saturated rings. The Morgan fingerprint density at radius 2 is 1.63 bits per heavy atom. The quantitative estimate of drug-likeness (QED) is 0.592. The van der Waals surface area contributed by atoms with Crippen molar-refractivity contribution in [3.63, 3.8) is 0 Å². The second kappa shape index (κ2) is 6.66. The number of rotatable bonds is 7. The first-order chi connectivity index (χ1) is 8.98. The van der Waals surface area contributed by atoms with Gasteiger partial charge in [0.2, 0.25) is 0 Å². The van der Waals surface area contributed by atoms with E-state index in [9.17, 15) is 10.1 Å². The molecule has 0 saturated carbocycles. The molecule has 19 heavy (non-hydrogen) atoms. The van der Waals surface area contributed by atoms with Crippen molar-refractivity contribution in [3.05, 3.63) is 39.9 Å². The van der Waals surface area contributed by atoms with Crippen LogP contribution in [0.1, 0.15) is 58.6 Å². The van der Waals surface area contributed by atoms with Crippen LogP contribution in [0.3, 0.4) is 0 Å². The summed E-state index contributed by atoms with van der Waals surface area (Å²) >= 11 is 0. The Hall–Kier alpha value is -1.42. The van der Waals surface area contributed by atoms with E-state index in [1.807, 2.05) is 12.1 Å². The maximum Gasteiger partial charge on any atom is 0.269 e. The minimum Gasteiger partial charge on any atom is -0.305 e. The van der Waals surface area contributed by atoms with Crippen LogP contribution in [0.15, 0.2) is 24.3 Å². The van der Waals surface area contributed by atoms with Gasteiger partial charge in [-0.15, -0.1) is 0 Å². The topological polar surface area (TPSA) is 55.2 Å². The van der Waals surface area contributed by atoms with Crippen molar-refractivity contribution in [1.29, 1.82) is 0 Å². The molecule has 1 N–H and O–H groups in total. The highest BCUT2D eigenvalue weighted by Gasteiger charge is 2.25. The molecule has 4 heteroatoms. The number of nitrogens with one attached hydrogen (secondary N) is 1. The molecule has 1 rings (SSSR count). The zero-order valence-electron chi connectivity index (χ0n) is 12.3. The van der Waals surface area contributed by atoms with Gasteiger partial charge >= 0.3 is 0 Å². The van der Waals surface area contributed by atoms with Crippen molar-refractivity contribution in [2.24, 2.45) is 0 Å². The largest absolute Gasteiger partial charge is 0.305 e. The molecular formula is C15H24N2O2. The van der Waals surface area contributed by atoms with Gasteiger partial charge < -0.3 is 5.32 Å². The van der Waals surface area contributed by atoms with Crippen molar-refractivity contribution < 1.29 is 4.92 Å². The summed E-state index contributed by atoms with van der Waals surface area (Å²) in [5.74, 6) is 0. The lowest BCUT2D eigenvalue weighted by atomic mass is 9.88. The van der Waals surface area contributed by atoms with E-state index in [2.05, 4.69) is 33.0 Å². The first-order valence-corrected chi connectivity index (χ1v) is 7.00. The maximum absolute atomic E-state index is 10.6. The van der Waals surface area contributed by atoms with Gasteiger partial charge in [-0.1, -0.05) is 32.9 Å².